The summed E-state index contributed by atoms with van der Waals surface area (Å²) in [6, 6.07) is 16.1. The number of hydrogen-bond donors (Lipinski definition) is 4. The van der Waals surface area contributed by atoms with Gasteiger partial charge in [-0.1, -0.05) is 30.0 Å². The molecular weight excluding hydrogens is 528 g/mol. The Balaban J connectivity index is 1.20. The summed E-state index contributed by atoms with van der Waals surface area (Å²) in [5.41, 5.74) is 8.55. The number of benzene rings is 2. The molecule has 2 unspecified atom stereocenters. The maximum absolute atomic E-state index is 13.5. The Morgan fingerprint density at radius 1 is 1.07 bits per heavy atom. The molecule has 1 fully saturated rings. The molecule has 0 bridgehead atoms. The first-order valence-corrected chi connectivity index (χ1v) is 14.2. The van der Waals surface area contributed by atoms with Crippen LogP contribution in [0.3, 0.4) is 0 Å². The largest absolute Gasteiger partial charge is 0.457 e. The van der Waals surface area contributed by atoms with Crippen LogP contribution in [-0.2, 0) is 9.59 Å². The molecule has 40 heavy (non-hydrogen) atoms. The third-order valence-electron chi connectivity index (χ3n) is 7.48. The van der Waals surface area contributed by atoms with Gasteiger partial charge in [0.15, 0.2) is 0 Å². The second kappa shape index (κ2) is 10.8. The highest BCUT2D eigenvalue weighted by Gasteiger charge is 2.47. The van der Waals surface area contributed by atoms with E-state index in [9.17, 15) is 14.4 Å². The predicted molar refractivity (Wildman–Crippen MR) is 152 cm³/mol. The van der Waals surface area contributed by atoms with Crippen LogP contribution in [0.25, 0.3) is 0 Å². The zero-order valence-electron chi connectivity index (χ0n) is 21.9. The Morgan fingerprint density at radius 3 is 2.60 bits per heavy atom. The van der Waals surface area contributed by atoms with Gasteiger partial charge in [0.1, 0.15) is 21.8 Å². The van der Waals surface area contributed by atoms with Crippen molar-refractivity contribution in [3.05, 3.63) is 71.9 Å². The van der Waals surface area contributed by atoms with E-state index in [2.05, 4.69) is 20.9 Å². The van der Waals surface area contributed by atoms with Crippen molar-refractivity contribution < 1.29 is 19.1 Å². The molecule has 1 aliphatic carbocycles. The number of nitrogens with two attached hydrogens (primary N) is 1. The zero-order chi connectivity index (χ0) is 27.8. The molecule has 1 saturated carbocycles. The number of pyridine rings is 1. The van der Waals surface area contributed by atoms with Gasteiger partial charge in [0.05, 0.1) is 24.0 Å². The molecule has 3 aliphatic rings. The van der Waals surface area contributed by atoms with Crippen molar-refractivity contribution in [1.29, 1.82) is 0 Å². The average molecular weight is 559 g/mol. The third-order valence-corrected chi connectivity index (χ3v) is 8.77. The Kier molecular flexibility index (Phi) is 7.07. The minimum absolute atomic E-state index is 0.00119. The molecule has 4 atom stereocenters. The monoisotopic (exact) mass is 558 g/mol. The number of nitrogens with one attached hydrogen (secondary N) is 3. The predicted octanol–water partition coefficient (Wildman–Crippen LogP) is 3.67. The van der Waals surface area contributed by atoms with Gasteiger partial charge in [-0.15, -0.1) is 0 Å². The summed E-state index contributed by atoms with van der Waals surface area (Å²) in [5, 5.41) is 9.28. The van der Waals surface area contributed by atoms with Gasteiger partial charge in [-0.3, -0.25) is 14.5 Å². The fourth-order valence-electron chi connectivity index (χ4n) is 5.64. The standard InChI is InChI=1S/C29H30N6O4S/c1-16-13-20(39-19-5-3-2-4-6-19)9-10-21(16)35-22-11-12-31-28-24(22)25(34-29(35)38)26(40-28)27(37)33-18-8-7-17(14-18)32-23(36)15-30/h2-6,9-13,17-18,25-26H,7-8,14-15,30H2,1H3,(H,32,36)(H,33,37)(H,34,38)/t17-,18-,25?,26?/m1/s1. The van der Waals surface area contributed by atoms with Gasteiger partial charge < -0.3 is 26.4 Å². The number of ether oxygens (including phenoxy) is 1. The topological polar surface area (TPSA) is 139 Å². The van der Waals surface area contributed by atoms with Crippen molar-refractivity contribution >= 4 is 41.0 Å². The molecule has 2 aromatic carbocycles. The molecule has 0 radical (unpaired) electrons. The van der Waals surface area contributed by atoms with Crippen molar-refractivity contribution in [3.63, 3.8) is 0 Å². The van der Waals surface area contributed by atoms with Gasteiger partial charge in [0, 0.05) is 23.8 Å². The van der Waals surface area contributed by atoms with Crippen LogP contribution in [0.2, 0.25) is 0 Å². The molecule has 2 aliphatic heterocycles. The molecule has 5 N–H and O–H groups in total. The molecule has 206 valence electrons. The highest BCUT2D eigenvalue weighted by atomic mass is 32.2. The number of aryl methyl sites for hydroxylation is 1. The van der Waals surface area contributed by atoms with Crippen LogP contribution < -0.4 is 31.3 Å². The first-order chi connectivity index (χ1) is 19.4. The third kappa shape index (κ3) is 4.98. The Morgan fingerprint density at radius 2 is 1.85 bits per heavy atom. The number of aromatic nitrogens is 1. The van der Waals surface area contributed by atoms with E-state index in [1.54, 1.807) is 11.1 Å². The van der Waals surface area contributed by atoms with Gasteiger partial charge in [0.2, 0.25) is 11.8 Å². The van der Waals surface area contributed by atoms with Gasteiger partial charge in [0.25, 0.3) is 0 Å². The summed E-state index contributed by atoms with van der Waals surface area (Å²) >= 11 is 1.37. The second-order valence-corrected chi connectivity index (χ2v) is 11.3. The lowest BCUT2D eigenvalue weighted by Gasteiger charge is -2.35. The van der Waals surface area contributed by atoms with E-state index in [0.717, 1.165) is 40.4 Å². The van der Waals surface area contributed by atoms with Crippen LogP contribution in [-0.4, -0.2) is 46.7 Å². The quantitative estimate of drug-likeness (QED) is 0.347. The lowest BCUT2D eigenvalue weighted by Crippen LogP contribution is -2.50. The minimum atomic E-state index is -0.546. The number of urea groups is 1. The van der Waals surface area contributed by atoms with Crippen molar-refractivity contribution in [1.82, 2.24) is 20.9 Å². The average Bonchev–Trinajstić information content (AvgIpc) is 3.55. The molecule has 3 heterocycles. The fraction of sp³-hybridized carbons (Fsp3) is 0.310. The van der Waals surface area contributed by atoms with E-state index in [1.165, 1.54) is 11.8 Å². The molecule has 10 nitrogen and oxygen atoms in total. The fourth-order valence-corrected chi connectivity index (χ4v) is 6.88. The number of nitrogens with zero attached hydrogens (tertiary/aromatic N) is 2. The zero-order valence-corrected chi connectivity index (χ0v) is 22.7. The summed E-state index contributed by atoms with van der Waals surface area (Å²) in [7, 11) is 0. The van der Waals surface area contributed by atoms with Crippen molar-refractivity contribution in [3.8, 4) is 11.5 Å². The highest BCUT2D eigenvalue weighted by Crippen LogP contribution is 2.51. The normalized spacial score (nSPS) is 22.9. The van der Waals surface area contributed by atoms with Crippen LogP contribution in [0.4, 0.5) is 16.2 Å². The van der Waals surface area contributed by atoms with Crippen LogP contribution in [0.1, 0.15) is 36.4 Å². The van der Waals surface area contributed by atoms with Crippen LogP contribution in [0, 0.1) is 6.92 Å². The molecule has 3 aromatic rings. The van der Waals surface area contributed by atoms with E-state index in [1.807, 2.05) is 61.5 Å². The Labute approximate surface area is 236 Å². The lowest BCUT2D eigenvalue weighted by molar-refractivity contribution is -0.121. The maximum Gasteiger partial charge on any atom is 0.327 e. The first kappa shape index (κ1) is 26.1. The van der Waals surface area contributed by atoms with Crippen LogP contribution in [0.5, 0.6) is 11.5 Å². The van der Waals surface area contributed by atoms with Gasteiger partial charge >= 0.3 is 6.03 Å². The summed E-state index contributed by atoms with van der Waals surface area (Å²) in [6.45, 7) is 1.88. The van der Waals surface area contributed by atoms with Gasteiger partial charge in [-0.05, 0) is 68.1 Å². The Bertz CT molecular complexity index is 1470. The number of para-hydroxylation sites is 1. The minimum Gasteiger partial charge on any atom is -0.457 e. The van der Waals surface area contributed by atoms with Crippen LogP contribution in [0.15, 0.2) is 65.8 Å². The van der Waals surface area contributed by atoms with Gasteiger partial charge in [-0.2, -0.15) is 0 Å². The van der Waals surface area contributed by atoms with Crippen molar-refractivity contribution in [2.75, 3.05) is 11.4 Å². The summed E-state index contributed by atoms with van der Waals surface area (Å²) in [6.07, 6.45) is 3.88. The number of carbonyl (C=O) groups excluding carboxylic acids is 3. The van der Waals surface area contributed by atoms with Crippen molar-refractivity contribution in [2.24, 2.45) is 5.73 Å². The lowest BCUT2D eigenvalue weighted by atomic mass is 9.99. The molecule has 11 heteroatoms. The highest BCUT2D eigenvalue weighted by molar-refractivity contribution is 8.01. The van der Waals surface area contributed by atoms with E-state index in [4.69, 9.17) is 10.5 Å². The number of thioether (sulfide) groups is 1. The smallest absolute Gasteiger partial charge is 0.327 e. The Hall–Kier alpha value is -4.09. The maximum atomic E-state index is 13.5. The van der Waals surface area contributed by atoms with Gasteiger partial charge in [-0.25, -0.2) is 9.78 Å². The number of anilines is 2. The van der Waals surface area contributed by atoms with E-state index in [-0.39, 0.29) is 36.5 Å². The van der Waals surface area contributed by atoms with Crippen molar-refractivity contribution in [2.45, 2.75) is 54.6 Å². The molecular formula is C29H30N6O4S. The number of amides is 4. The van der Waals surface area contributed by atoms with E-state index >= 15 is 0 Å². The molecule has 0 saturated heterocycles. The second-order valence-electron chi connectivity index (χ2n) is 10.2. The molecule has 1 aromatic heterocycles. The summed E-state index contributed by atoms with van der Waals surface area (Å²) in [5.74, 6) is 1.06. The van der Waals surface area contributed by atoms with Crippen LogP contribution >= 0.6 is 11.8 Å². The summed E-state index contributed by atoms with van der Waals surface area (Å²) < 4.78 is 5.97. The first-order valence-electron chi connectivity index (χ1n) is 13.3. The van der Waals surface area contributed by atoms with E-state index in [0.29, 0.717) is 17.9 Å². The molecule has 4 amide bonds. The number of hydrogen-bond acceptors (Lipinski definition) is 7. The SMILES string of the molecule is Cc1cc(Oc2ccccc2)ccc1N1C(=O)NC2c3c1ccnc3SC2C(=O)N[C@@H]1CC[C@@H](NC(=O)CN)C1. The number of carbonyl (C=O) groups is 3. The number of rotatable bonds is 7. The molecule has 0 spiro atoms. The molecule has 6 rings (SSSR count). The summed E-state index contributed by atoms with van der Waals surface area (Å²) in [4.78, 5) is 44.8. The van der Waals surface area contributed by atoms with E-state index < -0.39 is 11.3 Å².